The minimum atomic E-state index is 0. The Morgan fingerprint density at radius 1 is 0.882 bits per heavy atom. The predicted octanol–water partition coefficient (Wildman–Crippen LogP) is 4.44. The molecular weight excluding hydrogens is 273 g/mol. The minimum Gasteiger partial charge on any atom is -0.256 e. The third-order valence-electron chi connectivity index (χ3n) is 2.47. The average Bonchev–Trinajstić information content (AvgIpc) is 2.37. The summed E-state index contributed by atoms with van der Waals surface area (Å²) in [5.74, 6) is 0. The van der Waals surface area contributed by atoms with Crippen LogP contribution >= 0.6 is 0 Å². The molecule has 2 radical (unpaired) electrons. The molecule has 1 heterocycles. The maximum atomic E-state index is 4.18. The number of hydrogen-bond acceptors (Lipinski definition) is 1. The average molecular weight is 294 g/mol. The van der Waals surface area contributed by atoms with E-state index in [2.05, 4.69) is 31.0 Å². The van der Waals surface area contributed by atoms with Gasteiger partial charge in [0.2, 0.25) is 0 Å². The molecule has 1 aromatic carbocycles. The Bertz CT molecular complexity index is 331. The minimum absolute atomic E-state index is 0. The topological polar surface area (TPSA) is 12.9 Å². The Morgan fingerprint density at radius 2 is 1.47 bits per heavy atom. The third kappa shape index (κ3) is 6.45. The van der Waals surface area contributed by atoms with Crippen molar-refractivity contribution in [3.63, 3.8) is 0 Å². The molecule has 17 heavy (non-hydrogen) atoms. The van der Waals surface area contributed by atoms with E-state index in [9.17, 15) is 0 Å². The van der Waals surface area contributed by atoms with Crippen molar-refractivity contribution in [2.24, 2.45) is 0 Å². The number of pyridine rings is 1. The molecular formula is C15H21NSe. The first-order valence-electron chi connectivity index (χ1n) is 6.18. The molecule has 0 bridgehead atoms. The molecule has 0 aliphatic carbocycles. The monoisotopic (exact) mass is 295 g/mol. The quantitative estimate of drug-likeness (QED) is 0.602. The standard InChI is InChI=1S/C9H7N.C6H14.Se/c1-2-6-9-8(4-1)5-3-7-10-9;1-3-5-6-4-2;/h1-7H;3-6H2,1-2H3;. The summed E-state index contributed by atoms with van der Waals surface area (Å²) >= 11 is 0. The summed E-state index contributed by atoms with van der Waals surface area (Å²) in [6, 6.07) is 12.1. The molecule has 0 atom stereocenters. The van der Waals surface area contributed by atoms with Gasteiger partial charge in [-0.05, 0) is 12.1 Å². The van der Waals surface area contributed by atoms with Crippen molar-refractivity contribution in [2.45, 2.75) is 39.5 Å². The van der Waals surface area contributed by atoms with Gasteiger partial charge in [0.25, 0.3) is 0 Å². The number of para-hydroxylation sites is 1. The molecule has 0 N–H and O–H groups in total. The van der Waals surface area contributed by atoms with Crippen LogP contribution in [0.4, 0.5) is 0 Å². The SMILES string of the molecule is CCCCCC.[Se].c1ccc2ncccc2c1. The van der Waals surface area contributed by atoms with Gasteiger partial charge >= 0.3 is 0 Å². The van der Waals surface area contributed by atoms with E-state index in [1.807, 2.05) is 30.5 Å². The molecule has 2 heteroatoms. The molecule has 2 rings (SSSR count). The summed E-state index contributed by atoms with van der Waals surface area (Å²) in [5, 5.41) is 1.20. The van der Waals surface area contributed by atoms with Gasteiger partial charge in [0, 0.05) is 28.7 Å². The fourth-order valence-electron chi connectivity index (χ4n) is 1.52. The largest absolute Gasteiger partial charge is 0.256 e. The van der Waals surface area contributed by atoms with Gasteiger partial charge in [-0.3, -0.25) is 4.98 Å². The molecule has 0 aliphatic heterocycles. The van der Waals surface area contributed by atoms with Gasteiger partial charge < -0.3 is 0 Å². The summed E-state index contributed by atoms with van der Waals surface area (Å²) in [5.41, 5.74) is 1.06. The van der Waals surface area contributed by atoms with Crippen LogP contribution in [-0.4, -0.2) is 22.1 Å². The molecule has 0 spiro atoms. The molecule has 0 saturated carbocycles. The summed E-state index contributed by atoms with van der Waals surface area (Å²) in [7, 11) is 0. The van der Waals surface area contributed by atoms with Crippen LogP contribution in [0.3, 0.4) is 0 Å². The fraction of sp³-hybridized carbons (Fsp3) is 0.400. The maximum absolute atomic E-state index is 4.18. The normalized spacial score (nSPS) is 9.06. The van der Waals surface area contributed by atoms with Gasteiger partial charge in [0.1, 0.15) is 0 Å². The van der Waals surface area contributed by atoms with Crippen molar-refractivity contribution >= 4 is 28.0 Å². The zero-order chi connectivity index (χ0) is 11.6. The summed E-state index contributed by atoms with van der Waals surface area (Å²) in [4.78, 5) is 4.18. The number of benzene rings is 1. The van der Waals surface area contributed by atoms with Gasteiger partial charge in [-0.15, -0.1) is 0 Å². The van der Waals surface area contributed by atoms with E-state index in [0.717, 1.165) is 5.52 Å². The van der Waals surface area contributed by atoms with E-state index >= 15 is 0 Å². The van der Waals surface area contributed by atoms with E-state index in [4.69, 9.17) is 0 Å². The Kier molecular flexibility index (Phi) is 9.80. The summed E-state index contributed by atoms with van der Waals surface area (Å²) < 4.78 is 0. The molecule has 1 aromatic heterocycles. The van der Waals surface area contributed by atoms with Crippen molar-refractivity contribution in [3.05, 3.63) is 42.6 Å². The van der Waals surface area contributed by atoms with Gasteiger partial charge in [0.05, 0.1) is 5.52 Å². The number of hydrogen-bond donors (Lipinski definition) is 0. The molecule has 1 nitrogen and oxygen atoms in total. The second kappa shape index (κ2) is 10.3. The molecule has 0 amide bonds. The van der Waals surface area contributed by atoms with Crippen LogP contribution < -0.4 is 0 Å². The fourth-order valence-corrected chi connectivity index (χ4v) is 1.52. The Hall–Kier alpha value is -0.851. The van der Waals surface area contributed by atoms with Crippen LogP contribution in [0.5, 0.6) is 0 Å². The van der Waals surface area contributed by atoms with Gasteiger partial charge in [-0.1, -0.05) is 63.8 Å². The van der Waals surface area contributed by atoms with Crippen LogP contribution in [0.25, 0.3) is 10.9 Å². The maximum Gasteiger partial charge on any atom is 0.0701 e. The Morgan fingerprint density at radius 3 is 2.06 bits per heavy atom. The summed E-state index contributed by atoms with van der Waals surface area (Å²) in [6.07, 6.45) is 7.34. The van der Waals surface area contributed by atoms with Crippen molar-refractivity contribution < 1.29 is 0 Å². The first-order valence-corrected chi connectivity index (χ1v) is 6.18. The van der Waals surface area contributed by atoms with E-state index in [1.54, 1.807) is 0 Å². The smallest absolute Gasteiger partial charge is 0.0701 e. The first kappa shape index (κ1) is 16.1. The van der Waals surface area contributed by atoms with Gasteiger partial charge in [0.15, 0.2) is 0 Å². The van der Waals surface area contributed by atoms with Crippen LogP contribution in [0, 0.1) is 0 Å². The number of nitrogens with zero attached hydrogens (tertiary/aromatic N) is 1. The van der Waals surface area contributed by atoms with Crippen LogP contribution in [0.1, 0.15) is 39.5 Å². The molecule has 0 fully saturated rings. The molecule has 92 valence electrons. The van der Waals surface area contributed by atoms with E-state index < -0.39 is 0 Å². The zero-order valence-corrected chi connectivity index (χ0v) is 12.4. The zero-order valence-electron chi connectivity index (χ0n) is 10.7. The number of rotatable bonds is 3. The van der Waals surface area contributed by atoms with Crippen molar-refractivity contribution in [1.82, 2.24) is 4.98 Å². The first-order chi connectivity index (χ1) is 7.88. The third-order valence-corrected chi connectivity index (χ3v) is 2.47. The van der Waals surface area contributed by atoms with E-state index in [0.29, 0.717) is 0 Å². The number of fused-ring (bicyclic) bond motifs is 1. The van der Waals surface area contributed by atoms with Gasteiger partial charge in [-0.25, -0.2) is 0 Å². The molecule has 0 unspecified atom stereocenters. The van der Waals surface area contributed by atoms with Crippen LogP contribution in [0.2, 0.25) is 0 Å². The van der Waals surface area contributed by atoms with Crippen LogP contribution in [0.15, 0.2) is 42.6 Å². The van der Waals surface area contributed by atoms with E-state index in [-0.39, 0.29) is 17.1 Å². The number of unbranched alkanes of at least 4 members (excludes halogenated alkanes) is 3. The molecule has 0 aliphatic rings. The van der Waals surface area contributed by atoms with Crippen LogP contribution in [-0.2, 0) is 0 Å². The van der Waals surface area contributed by atoms with E-state index in [1.165, 1.54) is 31.1 Å². The predicted molar refractivity (Wildman–Crippen MR) is 77.3 cm³/mol. The molecule has 0 saturated heterocycles. The second-order valence-electron chi connectivity index (χ2n) is 3.90. The van der Waals surface area contributed by atoms with Crippen molar-refractivity contribution in [3.8, 4) is 0 Å². The summed E-state index contributed by atoms with van der Waals surface area (Å²) in [6.45, 7) is 4.46. The van der Waals surface area contributed by atoms with Crippen molar-refractivity contribution in [2.75, 3.05) is 0 Å². The van der Waals surface area contributed by atoms with Crippen molar-refractivity contribution in [1.29, 1.82) is 0 Å². The second-order valence-corrected chi connectivity index (χ2v) is 3.90. The Labute approximate surface area is 115 Å². The van der Waals surface area contributed by atoms with Gasteiger partial charge in [-0.2, -0.15) is 0 Å². The number of aromatic nitrogens is 1. The Balaban J connectivity index is 0.000000324. The molecule has 2 aromatic rings.